The minimum absolute atomic E-state index is 0.281. The second-order valence-electron chi connectivity index (χ2n) is 5.54. The van der Waals surface area contributed by atoms with Crippen LogP contribution in [0.1, 0.15) is 52.9 Å². The second-order valence-corrected chi connectivity index (χ2v) is 5.54. The van der Waals surface area contributed by atoms with E-state index in [0.29, 0.717) is 5.91 Å². The molecule has 1 aliphatic heterocycles. The molecule has 2 rings (SSSR count). The summed E-state index contributed by atoms with van der Waals surface area (Å²) in [5.74, 6) is 1.10. The van der Waals surface area contributed by atoms with Crippen molar-refractivity contribution in [2.24, 2.45) is 5.92 Å². The molecule has 1 heterocycles. The van der Waals surface area contributed by atoms with Gasteiger partial charge in [-0.15, -0.1) is 0 Å². The average Bonchev–Trinajstić information content (AvgIpc) is 3.04. The fraction of sp³-hybridized carbons (Fsp3) is 0.923. The van der Waals surface area contributed by atoms with Crippen molar-refractivity contribution >= 4 is 5.91 Å². The standard InChI is InChI=1S/C13H24N2O/c1-4-6-11-14-13(3,5-2)12(16)15(11)9-10-7-8-10/h10-11,14H,4-9H2,1-3H3. The van der Waals surface area contributed by atoms with Crippen molar-refractivity contribution in [2.75, 3.05) is 6.54 Å². The van der Waals surface area contributed by atoms with Crippen LogP contribution >= 0.6 is 0 Å². The fourth-order valence-electron chi connectivity index (χ4n) is 2.51. The van der Waals surface area contributed by atoms with Gasteiger partial charge in [-0.05, 0) is 38.5 Å². The molecule has 1 saturated heterocycles. The maximum atomic E-state index is 12.4. The van der Waals surface area contributed by atoms with E-state index in [0.717, 1.165) is 31.7 Å². The third kappa shape index (κ3) is 2.10. The van der Waals surface area contributed by atoms with Gasteiger partial charge in [0.25, 0.3) is 0 Å². The van der Waals surface area contributed by atoms with Gasteiger partial charge in [-0.25, -0.2) is 0 Å². The molecule has 0 radical (unpaired) electrons. The molecule has 0 bridgehead atoms. The smallest absolute Gasteiger partial charge is 0.243 e. The predicted octanol–water partition coefficient (Wildman–Crippen LogP) is 2.12. The molecule has 92 valence electrons. The zero-order valence-corrected chi connectivity index (χ0v) is 10.8. The number of carbonyl (C=O) groups excluding carboxylic acids is 1. The Kier molecular flexibility index (Phi) is 3.24. The van der Waals surface area contributed by atoms with Crippen molar-refractivity contribution in [3.05, 3.63) is 0 Å². The molecule has 0 spiro atoms. The fourth-order valence-corrected chi connectivity index (χ4v) is 2.51. The van der Waals surface area contributed by atoms with Crippen molar-refractivity contribution in [1.29, 1.82) is 0 Å². The predicted molar refractivity (Wildman–Crippen MR) is 65.0 cm³/mol. The molecular formula is C13H24N2O. The summed E-state index contributed by atoms with van der Waals surface area (Å²) in [6.45, 7) is 7.30. The van der Waals surface area contributed by atoms with Gasteiger partial charge in [0.2, 0.25) is 5.91 Å². The van der Waals surface area contributed by atoms with Gasteiger partial charge >= 0.3 is 0 Å². The summed E-state index contributed by atoms with van der Waals surface area (Å²) >= 11 is 0. The molecule has 2 aliphatic rings. The number of amides is 1. The van der Waals surface area contributed by atoms with Crippen molar-refractivity contribution in [2.45, 2.75) is 64.6 Å². The third-order valence-corrected chi connectivity index (χ3v) is 4.02. The quantitative estimate of drug-likeness (QED) is 0.776. The number of nitrogens with zero attached hydrogens (tertiary/aromatic N) is 1. The topological polar surface area (TPSA) is 32.3 Å². The highest BCUT2D eigenvalue weighted by Gasteiger charge is 2.47. The molecular weight excluding hydrogens is 200 g/mol. The normalized spacial score (nSPS) is 34.8. The van der Waals surface area contributed by atoms with Gasteiger partial charge in [0.15, 0.2) is 0 Å². The van der Waals surface area contributed by atoms with E-state index >= 15 is 0 Å². The summed E-state index contributed by atoms with van der Waals surface area (Å²) < 4.78 is 0. The molecule has 2 fully saturated rings. The van der Waals surface area contributed by atoms with Crippen LogP contribution in [-0.4, -0.2) is 29.1 Å². The van der Waals surface area contributed by atoms with Crippen LogP contribution in [0.4, 0.5) is 0 Å². The number of nitrogens with one attached hydrogen (secondary N) is 1. The Morgan fingerprint density at radius 1 is 1.44 bits per heavy atom. The molecule has 0 aromatic heterocycles. The van der Waals surface area contributed by atoms with Crippen molar-refractivity contribution < 1.29 is 4.79 Å². The summed E-state index contributed by atoms with van der Waals surface area (Å²) in [6, 6.07) is 0. The molecule has 0 aromatic rings. The zero-order valence-electron chi connectivity index (χ0n) is 10.8. The lowest BCUT2D eigenvalue weighted by Gasteiger charge is -2.23. The van der Waals surface area contributed by atoms with E-state index in [2.05, 4.69) is 24.1 Å². The maximum absolute atomic E-state index is 12.4. The van der Waals surface area contributed by atoms with Crippen LogP contribution in [-0.2, 0) is 4.79 Å². The SMILES string of the molecule is CCCC1NC(C)(CC)C(=O)N1CC1CC1. The summed E-state index contributed by atoms with van der Waals surface area (Å²) in [7, 11) is 0. The molecule has 3 heteroatoms. The Bertz CT molecular complexity index is 275. The minimum Gasteiger partial charge on any atom is -0.325 e. The van der Waals surface area contributed by atoms with Crippen LogP contribution in [0, 0.1) is 5.92 Å². The highest BCUT2D eigenvalue weighted by molar-refractivity contribution is 5.88. The van der Waals surface area contributed by atoms with E-state index in [1.54, 1.807) is 0 Å². The van der Waals surface area contributed by atoms with Crippen LogP contribution in [0.15, 0.2) is 0 Å². The van der Waals surface area contributed by atoms with Crippen LogP contribution in [0.2, 0.25) is 0 Å². The Hall–Kier alpha value is -0.570. The maximum Gasteiger partial charge on any atom is 0.243 e. The van der Waals surface area contributed by atoms with Crippen LogP contribution in [0.3, 0.4) is 0 Å². The van der Waals surface area contributed by atoms with E-state index in [4.69, 9.17) is 0 Å². The van der Waals surface area contributed by atoms with Crippen LogP contribution < -0.4 is 5.32 Å². The Morgan fingerprint density at radius 2 is 2.12 bits per heavy atom. The largest absolute Gasteiger partial charge is 0.325 e. The first-order valence-electron chi connectivity index (χ1n) is 6.69. The monoisotopic (exact) mass is 224 g/mol. The molecule has 2 unspecified atom stereocenters. The number of hydrogen-bond acceptors (Lipinski definition) is 2. The number of rotatable bonds is 5. The van der Waals surface area contributed by atoms with Gasteiger partial charge in [0.1, 0.15) is 0 Å². The van der Waals surface area contributed by atoms with Gasteiger partial charge in [-0.1, -0.05) is 20.3 Å². The zero-order chi connectivity index (χ0) is 11.8. The van der Waals surface area contributed by atoms with Crippen molar-refractivity contribution in [3.63, 3.8) is 0 Å². The van der Waals surface area contributed by atoms with E-state index in [9.17, 15) is 4.79 Å². The Labute approximate surface area is 98.6 Å². The first-order valence-corrected chi connectivity index (χ1v) is 6.69. The summed E-state index contributed by atoms with van der Waals surface area (Å²) in [4.78, 5) is 14.5. The van der Waals surface area contributed by atoms with Gasteiger partial charge in [-0.2, -0.15) is 0 Å². The molecule has 1 saturated carbocycles. The molecule has 16 heavy (non-hydrogen) atoms. The van der Waals surface area contributed by atoms with Crippen molar-refractivity contribution in [3.8, 4) is 0 Å². The first kappa shape index (κ1) is 11.9. The van der Waals surface area contributed by atoms with Gasteiger partial charge in [-0.3, -0.25) is 10.1 Å². The number of carbonyl (C=O) groups is 1. The molecule has 1 amide bonds. The average molecular weight is 224 g/mol. The van der Waals surface area contributed by atoms with E-state index in [1.165, 1.54) is 12.8 Å². The molecule has 1 aliphatic carbocycles. The first-order chi connectivity index (χ1) is 7.60. The summed E-state index contributed by atoms with van der Waals surface area (Å²) in [5, 5.41) is 3.53. The highest BCUT2D eigenvalue weighted by Crippen LogP contribution is 2.34. The highest BCUT2D eigenvalue weighted by atomic mass is 16.2. The van der Waals surface area contributed by atoms with Gasteiger partial charge in [0.05, 0.1) is 11.7 Å². The minimum atomic E-state index is -0.311. The molecule has 3 nitrogen and oxygen atoms in total. The second kappa shape index (κ2) is 4.36. The molecule has 1 N–H and O–H groups in total. The van der Waals surface area contributed by atoms with Gasteiger partial charge < -0.3 is 4.90 Å². The van der Waals surface area contributed by atoms with E-state index < -0.39 is 0 Å². The van der Waals surface area contributed by atoms with Crippen LogP contribution in [0.5, 0.6) is 0 Å². The van der Waals surface area contributed by atoms with E-state index in [-0.39, 0.29) is 11.7 Å². The molecule has 2 atom stereocenters. The number of hydrogen-bond donors (Lipinski definition) is 1. The Morgan fingerprint density at radius 3 is 2.62 bits per heavy atom. The lowest BCUT2D eigenvalue weighted by Crippen LogP contribution is -2.43. The Balaban J connectivity index is 2.07. The summed E-state index contributed by atoms with van der Waals surface area (Å²) in [5.41, 5.74) is -0.311. The van der Waals surface area contributed by atoms with Crippen LogP contribution in [0.25, 0.3) is 0 Å². The lowest BCUT2D eigenvalue weighted by molar-refractivity contribution is -0.133. The van der Waals surface area contributed by atoms with Gasteiger partial charge in [0, 0.05) is 6.54 Å². The summed E-state index contributed by atoms with van der Waals surface area (Å²) in [6.07, 6.45) is 5.99. The lowest BCUT2D eigenvalue weighted by atomic mass is 9.99. The van der Waals surface area contributed by atoms with Crippen molar-refractivity contribution in [1.82, 2.24) is 10.2 Å². The molecule has 0 aromatic carbocycles. The van der Waals surface area contributed by atoms with E-state index in [1.807, 2.05) is 6.92 Å². The third-order valence-electron chi connectivity index (χ3n) is 4.02.